The van der Waals surface area contributed by atoms with Crippen LogP contribution in [0.4, 0.5) is 10.5 Å². The summed E-state index contributed by atoms with van der Waals surface area (Å²) in [6, 6.07) is 4.65. The summed E-state index contributed by atoms with van der Waals surface area (Å²) < 4.78 is 7.68. The third kappa shape index (κ3) is 3.08. The van der Waals surface area contributed by atoms with E-state index in [1.165, 1.54) is 12.1 Å². The lowest BCUT2D eigenvalue weighted by molar-refractivity contribution is -0.384. The monoisotopic (exact) mass is 396 g/mol. The molecular formula is C15H17BrN4O4. The Balaban J connectivity index is 1.78. The molecule has 1 aromatic carbocycles. The summed E-state index contributed by atoms with van der Waals surface area (Å²) in [7, 11) is 0. The highest BCUT2D eigenvalue weighted by atomic mass is 79.9. The Bertz CT molecular complexity index is 821. The van der Waals surface area contributed by atoms with Crippen molar-refractivity contribution in [2.75, 3.05) is 13.1 Å². The van der Waals surface area contributed by atoms with E-state index in [1.54, 1.807) is 15.6 Å². The van der Waals surface area contributed by atoms with Gasteiger partial charge in [0.2, 0.25) is 0 Å². The number of aromatic nitrogens is 2. The number of fused-ring (bicyclic) bond motifs is 1. The maximum Gasteiger partial charge on any atom is 0.410 e. The number of carbonyl (C=O) groups excluding carboxylic acids is 1. The van der Waals surface area contributed by atoms with Gasteiger partial charge in [0.25, 0.3) is 5.69 Å². The lowest BCUT2D eigenvalue weighted by atomic mass is 10.1. The van der Waals surface area contributed by atoms with E-state index in [0.717, 1.165) is 5.52 Å². The van der Waals surface area contributed by atoms with Crippen LogP contribution in [0.2, 0.25) is 0 Å². The Hall–Kier alpha value is -2.16. The van der Waals surface area contributed by atoms with Gasteiger partial charge in [0.05, 0.1) is 16.5 Å². The van der Waals surface area contributed by atoms with Crippen LogP contribution >= 0.6 is 15.9 Å². The van der Waals surface area contributed by atoms with Crippen LogP contribution in [0.5, 0.6) is 0 Å². The van der Waals surface area contributed by atoms with Crippen LogP contribution in [0.1, 0.15) is 26.8 Å². The van der Waals surface area contributed by atoms with E-state index in [0.29, 0.717) is 23.1 Å². The molecule has 0 saturated carbocycles. The van der Waals surface area contributed by atoms with Crippen molar-refractivity contribution in [2.24, 2.45) is 0 Å². The predicted octanol–water partition coefficient (Wildman–Crippen LogP) is 3.50. The zero-order chi connectivity index (χ0) is 17.6. The second-order valence-electron chi connectivity index (χ2n) is 6.73. The maximum absolute atomic E-state index is 12.0. The summed E-state index contributed by atoms with van der Waals surface area (Å²) in [4.78, 5) is 24.1. The van der Waals surface area contributed by atoms with Crippen molar-refractivity contribution in [1.29, 1.82) is 0 Å². The Kier molecular flexibility index (Phi) is 3.98. The van der Waals surface area contributed by atoms with Crippen molar-refractivity contribution >= 4 is 38.6 Å². The van der Waals surface area contributed by atoms with Gasteiger partial charge in [-0.2, -0.15) is 5.10 Å². The number of nitro groups is 1. The minimum Gasteiger partial charge on any atom is -0.444 e. The molecule has 0 bridgehead atoms. The van der Waals surface area contributed by atoms with Gasteiger partial charge in [-0.3, -0.25) is 14.8 Å². The highest BCUT2D eigenvalue weighted by molar-refractivity contribution is 9.10. The number of benzene rings is 1. The van der Waals surface area contributed by atoms with Crippen LogP contribution < -0.4 is 0 Å². The number of non-ortho nitro benzene ring substituents is 1. The highest BCUT2D eigenvalue weighted by Crippen LogP contribution is 2.32. The van der Waals surface area contributed by atoms with E-state index in [1.807, 2.05) is 20.8 Å². The van der Waals surface area contributed by atoms with Crippen molar-refractivity contribution in [2.45, 2.75) is 32.4 Å². The summed E-state index contributed by atoms with van der Waals surface area (Å²) in [5, 5.41) is 16.0. The van der Waals surface area contributed by atoms with Crippen LogP contribution in [0, 0.1) is 10.1 Å². The van der Waals surface area contributed by atoms with Gasteiger partial charge in [-0.1, -0.05) is 0 Å². The molecule has 8 nitrogen and oxygen atoms in total. The zero-order valence-electron chi connectivity index (χ0n) is 13.5. The van der Waals surface area contributed by atoms with Gasteiger partial charge in [0.15, 0.2) is 0 Å². The topological polar surface area (TPSA) is 90.5 Å². The van der Waals surface area contributed by atoms with Crippen LogP contribution in [-0.4, -0.2) is 44.4 Å². The summed E-state index contributed by atoms with van der Waals surface area (Å²) in [6.45, 7) is 6.47. The largest absolute Gasteiger partial charge is 0.444 e. The average molecular weight is 397 g/mol. The number of rotatable bonds is 2. The molecular weight excluding hydrogens is 380 g/mol. The first-order chi connectivity index (χ1) is 11.2. The molecule has 0 radical (unpaired) electrons. The molecule has 1 fully saturated rings. The molecule has 0 aliphatic carbocycles. The molecule has 2 aromatic rings. The summed E-state index contributed by atoms with van der Waals surface area (Å²) in [6.07, 6.45) is -0.343. The van der Waals surface area contributed by atoms with Gasteiger partial charge in [-0.15, -0.1) is 0 Å². The Morgan fingerprint density at radius 1 is 1.42 bits per heavy atom. The Morgan fingerprint density at radius 3 is 2.67 bits per heavy atom. The van der Waals surface area contributed by atoms with E-state index < -0.39 is 10.5 Å². The van der Waals surface area contributed by atoms with E-state index in [4.69, 9.17) is 4.74 Å². The molecule has 9 heteroatoms. The van der Waals surface area contributed by atoms with Crippen molar-refractivity contribution in [3.05, 3.63) is 32.9 Å². The molecule has 0 spiro atoms. The number of nitro benzene ring substituents is 1. The van der Waals surface area contributed by atoms with Gasteiger partial charge in [-0.25, -0.2) is 4.79 Å². The molecule has 3 rings (SSSR count). The average Bonchev–Trinajstić information content (AvgIpc) is 2.72. The Labute approximate surface area is 146 Å². The van der Waals surface area contributed by atoms with Crippen LogP contribution in [0.3, 0.4) is 0 Å². The zero-order valence-corrected chi connectivity index (χ0v) is 15.1. The lowest BCUT2D eigenvalue weighted by Gasteiger charge is -2.39. The van der Waals surface area contributed by atoms with Gasteiger partial charge in [0.1, 0.15) is 10.2 Å². The SMILES string of the molecule is CC(C)(C)OC(=O)N1CC(n2nc(Br)c3cc([N+](=O)[O-])ccc32)C1. The van der Waals surface area contributed by atoms with E-state index in [-0.39, 0.29) is 17.8 Å². The van der Waals surface area contributed by atoms with Gasteiger partial charge in [-0.05, 0) is 42.8 Å². The maximum atomic E-state index is 12.0. The first-order valence-corrected chi connectivity index (χ1v) is 8.25. The highest BCUT2D eigenvalue weighted by Gasteiger charge is 2.36. The third-order valence-corrected chi connectivity index (χ3v) is 4.30. The van der Waals surface area contributed by atoms with Crippen molar-refractivity contribution in [1.82, 2.24) is 14.7 Å². The van der Waals surface area contributed by atoms with E-state index in [9.17, 15) is 14.9 Å². The van der Waals surface area contributed by atoms with Gasteiger partial charge >= 0.3 is 6.09 Å². The normalized spacial score (nSPS) is 15.4. The minimum absolute atomic E-state index is 0.0201. The fraction of sp³-hybridized carbons (Fsp3) is 0.467. The van der Waals surface area contributed by atoms with Crippen LogP contribution in [0.15, 0.2) is 22.8 Å². The second-order valence-corrected chi connectivity index (χ2v) is 7.48. The van der Waals surface area contributed by atoms with E-state index in [2.05, 4.69) is 21.0 Å². The number of hydrogen-bond acceptors (Lipinski definition) is 5. The molecule has 1 aromatic heterocycles. The molecule has 1 aliphatic rings. The minimum atomic E-state index is -0.525. The molecule has 1 amide bonds. The van der Waals surface area contributed by atoms with Gasteiger partial charge in [0, 0.05) is 30.6 Å². The number of carbonyl (C=O) groups is 1. The molecule has 0 atom stereocenters. The number of hydrogen-bond donors (Lipinski definition) is 0. The molecule has 0 N–H and O–H groups in total. The molecule has 128 valence electrons. The smallest absolute Gasteiger partial charge is 0.410 e. The Morgan fingerprint density at radius 2 is 2.08 bits per heavy atom. The van der Waals surface area contributed by atoms with Crippen LogP contribution in [-0.2, 0) is 4.74 Å². The fourth-order valence-electron chi connectivity index (χ4n) is 2.57. The third-order valence-electron chi connectivity index (χ3n) is 3.72. The standard InChI is InChI=1S/C15H17BrN4O4/c1-15(2,3)24-14(21)18-7-10(8-18)19-12-5-4-9(20(22)23)6-11(12)13(16)17-19/h4-6,10H,7-8H2,1-3H3. The number of likely N-dealkylation sites (tertiary alicyclic amines) is 1. The van der Waals surface area contributed by atoms with Gasteiger partial charge < -0.3 is 9.64 Å². The lowest BCUT2D eigenvalue weighted by Crippen LogP contribution is -2.52. The summed E-state index contributed by atoms with van der Waals surface area (Å²) in [5.74, 6) is 0. The molecule has 24 heavy (non-hydrogen) atoms. The first kappa shape index (κ1) is 16.7. The van der Waals surface area contributed by atoms with Crippen molar-refractivity contribution < 1.29 is 14.5 Å². The predicted molar refractivity (Wildman–Crippen MR) is 90.9 cm³/mol. The van der Waals surface area contributed by atoms with E-state index >= 15 is 0 Å². The summed E-state index contributed by atoms with van der Waals surface area (Å²) in [5.41, 5.74) is 0.288. The first-order valence-electron chi connectivity index (χ1n) is 7.46. The molecule has 1 saturated heterocycles. The summed E-state index contributed by atoms with van der Waals surface area (Å²) >= 11 is 3.35. The van der Waals surface area contributed by atoms with Crippen molar-refractivity contribution in [3.63, 3.8) is 0 Å². The second kappa shape index (κ2) is 5.73. The number of amides is 1. The molecule has 1 aliphatic heterocycles. The van der Waals surface area contributed by atoms with Crippen LogP contribution in [0.25, 0.3) is 10.9 Å². The van der Waals surface area contributed by atoms with Crippen molar-refractivity contribution in [3.8, 4) is 0 Å². The quantitative estimate of drug-likeness (QED) is 0.572. The number of nitrogens with zero attached hydrogens (tertiary/aromatic N) is 4. The molecule has 0 unspecified atom stereocenters. The number of ether oxygens (including phenoxy) is 1. The molecule has 2 heterocycles. The fourth-order valence-corrected chi connectivity index (χ4v) is 3.06. The number of halogens is 1.